The minimum absolute atomic E-state index is 0.117. The van der Waals surface area contributed by atoms with Crippen molar-refractivity contribution in [1.29, 1.82) is 5.26 Å². The van der Waals surface area contributed by atoms with E-state index in [4.69, 9.17) is 10.2 Å². The molecule has 1 aromatic rings. The van der Waals surface area contributed by atoms with Gasteiger partial charge in [0.05, 0.1) is 5.30 Å². The van der Waals surface area contributed by atoms with Crippen LogP contribution >= 0.6 is 7.60 Å². The first-order chi connectivity index (χ1) is 5.67. The first-order valence-electron chi connectivity index (χ1n) is 3.13. The third-order valence-electron chi connectivity index (χ3n) is 1.25. The molecular formula is C7H6NO3P. The first kappa shape index (κ1) is 8.79. The van der Waals surface area contributed by atoms with Crippen molar-refractivity contribution < 1.29 is 14.0 Å². The van der Waals surface area contributed by atoms with Gasteiger partial charge in [-0.3, -0.25) is 0 Å². The van der Waals surface area contributed by atoms with Crippen molar-refractivity contribution in [1.82, 2.24) is 0 Å². The molecule has 0 saturated heterocycles. The van der Waals surface area contributed by atoms with Crippen molar-refractivity contribution >= 4 is 12.9 Å². The van der Waals surface area contributed by atoms with E-state index in [-0.39, 0.29) is 5.30 Å². The van der Waals surface area contributed by atoms with Gasteiger partial charge in [0.1, 0.15) is 0 Å². The molecule has 0 aliphatic heterocycles. The van der Waals surface area contributed by atoms with Crippen LogP contribution in [0.5, 0.6) is 0 Å². The minimum Gasteiger partial charge on any atom is -0.346 e. The van der Waals surface area contributed by atoms with Gasteiger partial charge >= 0.3 is 7.60 Å². The highest BCUT2D eigenvalue weighted by molar-refractivity contribution is 7.61. The molecule has 0 amide bonds. The van der Waals surface area contributed by atoms with Crippen molar-refractivity contribution in [3.63, 3.8) is 0 Å². The lowest BCUT2D eigenvalue weighted by Gasteiger charge is -2.05. The Balaban J connectivity index is 3.00. The van der Waals surface area contributed by atoms with E-state index in [1.165, 1.54) is 18.4 Å². The Morgan fingerprint density at radius 2 is 2.00 bits per heavy atom. The molecule has 12 heavy (non-hydrogen) atoms. The molecular weight excluding hydrogens is 177 g/mol. The van der Waals surface area contributed by atoms with Gasteiger partial charge in [-0.25, -0.2) is 4.57 Å². The van der Waals surface area contributed by atoms with E-state index >= 15 is 0 Å². The number of benzene rings is 1. The van der Waals surface area contributed by atoms with Gasteiger partial charge in [0.15, 0.2) is 0 Å². The van der Waals surface area contributed by atoms with Crippen LogP contribution in [0.25, 0.3) is 0 Å². The number of rotatable bonds is 2. The Morgan fingerprint density at radius 3 is 2.50 bits per heavy atom. The maximum atomic E-state index is 11.1. The molecule has 0 fully saturated rings. The summed E-state index contributed by atoms with van der Waals surface area (Å²) in [7, 11) is -3.91. The zero-order valence-electron chi connectivity index (χ0n) is 6.04. The van der Waals surface area contributed by atoms with Gasteiger partial charge in [-0.05, 0) is 12.1 Å². The van der Waals surface area contributed by atoms with Crippen LogP contribution in [0.2, 0.25) is 0 Å². The van der Waals surface area contributed by atoms with Crippen LogP contribution in [0.3, 0.4) is 0 Å². The van der Waals surface area contributed by atoms with Crippen LogP contribution in [-0.4, -0.2) is 4.89 Å². The van der Waals surface area contributed by atoms with Gasteiger partial charge in [0.2, 0.25) is 0 Å². The van der Waals surface area contributed by atoms with Gasteiger partial charge in [0, 0.05) is 0 Å². The molecule has 0 aliphatic carbocycles. The van der Waals surface area contributed by atoms with Crippen molar-refractivity contribution in [3.8, 4) is 6.26 Å². The van der Waals surface area contributed by atoms with Gasteiger partial charge in [0.25, 0.3) is 6.26 Å². The van der Waals surface area contributed by atoms with Crippen molar-refractivity contribution in [3.05, 3.63) is 30.3 Å². The number of nitriles is 1. The molecule has 0 aromatic heterocycles. The average Bonchev–Trinajstić information content (AvgIpc) is 2.06. The molecule has 0 spiro atoms. The quantitative estimate of drug-likeness (QED) is 0.548. The van der Waals surface area contributed by atoms with Crippen molar-refractivity contribution in [2.75, 3.05) is 0 Å². The maximum absolute atomic E-state index is 11.1. The number of nitrogens with zero attached hydrogens (tertiary/aromatic N) is 1. The molecule has 1 aromatic carbocycles. The molecule has 1 atom stereocenters. The van der Waals surface area contributed by atoms with E-state index in [9.17, 15) is 4.57 Å². The maximum Gasteiger partial charge on any atom is 0.417 e. The Labute approximate surface area is 69.6 Å². The second kappa shape index (κ2) is 3.40. The molecule has 5 heteroatoms. The summed E-state index contributed by atoms with van der Waals surface area (Å²) < 4.78 is 15.2. The topological polar surface area (TPSA) is 70.3 Å². The SMILES string of the molecule is N#COP(=O)(O)c1ccccc1. The summed E-state index contributed by atoms with van der Waals surface area (Å²) in [5.74, 6) is 0. The van der Waals surface area contributed by atoms with Crippen LogP contribution in [0, 0.1) is 11.5 Å². The Morgan fingerprint density at radius 1 is 1.42 bits per heavy atom. The lowest BCUT2D eigenvalue weighted by atomic mass is 10.4. The minimum atomic E-state index is -3.91. The Kier molecular flexibility index (Phi) is 2.49. The normalized spacial score (nSPS) is 14.3. The number of hydrogen-bond acceptors (Lipinski definition) is 3. The van der Waals surface area contributed by atoms with Gasteiger partial charge in [-0.15, -0.1) is 5.26 Å². The summed E-state index contributed by atoms with van der Waals surface area (Å²) in [6.45, 7) is 0. The van der Waals surface area contributed by atoms with E-state index in [1.54, 1.807) is 18.2 Å². The second-order valence-corrected chi connectivity index (χ2v) is 3.78. The standard InChI is InChI=1S/C7H6NO3P/c8-6-11-12(9,10)7-4-2-1-3-5-7/h1-5H,(H,9,10). The van der Waals surface area contributed by atoms with Gasteiger partial charge in [-0.1, -0.05) is 18.2 Å². The second-order valence-electron chi connectivity index (χ2n) is 2.04. The van der Waals surface area contributed by atoms with Crippen LogP contribution in [-0.2, 0) is 9.09 Å². The van der Waals surface area contributed by atoms with E-state index in [0.717, 1.165) is 0 Å². The van der Waals surface area contributed by atoms with Crippen LogP contribution in [0.1, 0.15) is 0 Å². The van der Waals surface area contributed by atoms with E-state index in [0.29, 0.717) is 0 Å². The van der Waals surface area contributed by atoms with Gasteiger partial charge in [-0.2, -0.15) is 0 Å². The number of hydrogen-bond donors (Lipinski definition) is 1. The summed E-state index contributed by atoms with van der Waals surface area (Å²) in [4.78, 5) is 9.10. The third-order valence-corrected chi connectivity index (χ3v) is 2.53. The fraction of sp³-hybridized carbons (Fsp3) is 0. The fourth-order valence-corrected chi connectivity index (χ4v) is 1.49. The van der Waals surface area contributed by atoms with Crippen LogP contribution in [0.15, 0.2) is 30.3 Å². The highest BCUT2D eigenvalue weighted by Crippen LogP contribution is 2.39. The summed E-state index contributed by atoms with van der Waals surface area (Å²) in [6.07, 6.45) is 1.19. The highest BCUT2D eigenvalue weighted by Gasteiger charge is 2.22. The van der Waals surface area contributed by atoms with Gasteiger partial charge < -0.3 is 9.42 Å². The first-order valence-corrected chi connectivity index (χ1v) is 4.70. The smallest absolute Gasteiger partial charge is 0.346 e. The monoisotopic (exact) mass is 183 g/mol. The lowest BCUT2D eigenvalue weighted by molar-refractivity contribution is 0.372. The molecule has 4 nitrogen and oxygen atoms in total. The Bertz CT molecular complexity index is 343. The molecule has 0 aliphatic rings. The van der Waals surface area contributed by atoms with Crippen LogP contribution in [0.4, 0.5) is 0 Å². The average molecular weight is 183 g/mol. The zero-order valence-corrected chi connectivity index (χ0v) is 6.94. The predicted molar refractivity (Wildman–Crippen MR) is 42.6 cm³/mol. The lowest BCUT2D eigenvalue weighted by Crippen LogP contribution is -2.03. The third kappa shape index (κ3) is 1.85. The molecule has 1 N–H and O–H groups in total. The van der Waals surface area contributed by atoms with E-state index in [2.05, 4.69) is 4.52 Å². The fourth-order valence-electron chi connectivity index (χ4n) is 0.724. The van der Waals surface area contributed by atoms with E-state index < -0.39 is 7.60 Å². The predicted octanol–water partition coefficient (Wildman–Crippen LogP) is 0.995. The zero-order chi connectivity index (χ0) is 9.03. The summed E-state index contributed by atoms with van der Waals surface area (Å²) in [5.41, 5.74) is 0. The van der Waals surface area contributed by atoms with E-state index in [1.807, 2.05) is 0 Å². The largest absolute Gasteiger partial charge is 0.417 e. The molecule has 62 valence electrons. The molecule has 0 bridgehead atoms. The molecule has 1 rings (SSSR count). The Hall–Kier alpha value is -1.30. The van der Waals surface area contributed by atoms with Crippen molar-refractivity contribution in [2.24, 2.45) is 0 Å². The summed E-state index contributed by atoms with van der Waals surface area (Å²) in [5, 5.41) is 8.18. The van der Waals surface area contributed by atoms with Crippen molar-refractivity contribution in [2.45, 2.75) is 0 Å². The highest BCUT2D eigenvalue weighted by atomic mass is 31.2. The molecule has 0 heterocycles. The van der Waals surface area contributed by atoms with Crippen LogP contribution < -0.4 is 5.30 Å². The summed E-state index contributed by atoms with van der Waals surface area (Å²) in [6, 6.07) is 7.75. The molecule has 0 radical (unpaired) electrons. The summed E-state index contributed by atoms with van der Waals surface area (Å²) >= 11 is 0. The molecule has 0 saturated carbocycles. The molecule has 1 unspecified atom stereocenters.